The molecule has 0 aromatic carbocycles. The molecule has 0 spiro atoms. The second-order valence-corrected chi connectivity index (χ2v) is 4.70. The average Bonchev–Trinajstić information content (AvgIpc) is 2.80. The molecule has 0 amide bonds. The normalized spacial score (nSPS) is 21.8. The number of aromatic nitrogens is 4. The molecular formula is C11H16N6O2. The zero-order chi connectivity index (χ0) is 13.4. The molecule has 8 nitrogen and oxygen atoms in total. The number of anilines is 1. The smallest absolute Gasteiger partial charge is 0.364 e. The monoisotopic (exact) mass is 264 g/mol. The number of aromatic amines is 1. The molecule has 0 saturated carbocycles. The summed E-state index contributed by atoms with van der Waals surface area (Å²) in [6, 6.07) is 3.57. The van der Waals surface area contributed by atoms with E-state index in [1.165, 1.54) is 4.52 Å². The number of fused-ring (bicyclic) bond motifs is 1. The molecular weight excluding hydrogens is 248 g/mol. The van der Waals surface area contributed by atoms with Crippen LogP contribution in [-0.4, -0.2) is 51.7 Å². The third-order valence-electron chi connectivity index (χ3n) is 3.26. The summed E-state index contributed by atoms with van der Waals surface area (Å²) < 4.78 is 6.86. The number of hydrogen-bond donors (Lipinski definition) is 2. The Morgan fingerprint density at radius 1 is 1.58 bits per heavy atom. The first kappa shape index (κ1) is 12.1. The highest BCUT2D eigenvalue weighted by atomic mass is 16.5. The molecule has 0 aliphatic carbocycles. The maximum Gasteiger partial charge on any atom is 0.364 e. The molecule has 1 aliphatic heterocycles. The van der Waals surface area contributed by atoms with Gasteiger partial charge >= 0.3 is 5.69 Å². The Morgan fingerprint density at radius 3 is 3.21 bits per heavy atom. The van der Waals surface area contributed by atoms with Gasteiger partial charge in [0.15, 0.2) is 5.65 Å². The van der Waals surface area contributed by atoms with Crippen molar-refractivity contribution in [1.29, 1.82) is 0 Å². The molecule has 3 rings (SSSR count). The lowest BCUT2D eigenvalue weighted by molar-refractivity contribution is 0.0273. The Balaban J connectivity index is 1.90. The number of nitrogens with zero attached hydrogens (tertiary/aromatic N) is 4. The number of rotatable bonds is 2. The van der Waals surface area contributed by atoms with Crippen LogP contribution in [-0.2, 0) is 4.74 Å². The molecule has 19 heavy (non-hydrogen) atoms. The summed E-state index contributed by atoms with van der Waals surface area (Å²) in [5, 5.41) is 10.5. The molecule has 2 atom stereocenters. The van der Waals surface area contributed by atoms with Crippen molar-refractivity contribution >= 4 is 11.5 Å². The number of H-pyrrole nitrogens is 1. The van der Waals surface area contributed by atoms with Crippen LogP contribution >= 0.6 is 0 Å². The molecule has 0 bridgehead atoms. The van der Waals surface area contributed by atoms with E-state index < -0.39 is 0 Å². The van der Waals surface area contributed by atoms with Crippen LogP contribution in [0.15, 0.2) is 16.9 Å². The highest BCUT2D eigenvalue weighted by Gasteiger charge is 2.24. The standard InChI is InChI=1S/C11H16N6O2/c1-7(12)8-6-16(4-5-19-8)10-3-2-9-13-14-11(18)17(9)15-10/h2-3,7-8H,4-6,12H2,1H3,(H,14,18). The number of nitrogens with two attached hydrogens (primary N) is 1. The van der Waals surface area contributed by atoms with Gasteiger partial charge in [-0.3, -0.25) is 0 Å². The summed E-state index contributed by atoms with van der Waals surface area (Å²) in [4.78, 5) is 13.6. The molecule has 0 radical (unpaired) electrons. The van der Waals surface area contributed by atoms with E-state index in [9.17, 15) is 4.79 Å². The third-order valence-corrected chi connectivity index (χ3v) is 3.26. The minimum absolute atomic E-state index is 0.0210. The van der Waals surface area contributed by atoms with E-state index in [1.54, 1.807) is 6.07 Å². The maximum absolute atomic E-state index is 11.5. The van der Waals surface area contributed by atoms with E-state index in [4.69, 9.17) is 10.5 Å². The summed E-state index contributed by atoms with van der Waals surface area (Å²) in [7, 11) is 0. The number of hydrogen-bond acceptors (Lipinski definition) is 6. The summed E-state index contributed by atoms with van der Waals surface area (Å²) in [6.45, 7) is 3.93. The molecule has 8 heteroatoms. The summed E-state index contributed by atoms with van der Waals surface area (Å²) in [6.07, 6.45) is -0.0210. The highest BCUT2D eigenvalue weighted by Crippen LogP contribution is 2.15. The van der Waals surface area contributed by atoms with Gasteiger partial charge in [0.05, 0.1) is 12.7 Å². The second-order valence-electron chi connectivity index (χ2n) is 4.70. The van der Waals surface area contributed by atoms with Crippen molar-refractivity contribution in [2.75, 3.05) is 24.6 Å². The van der Waals surface area contributed by atoms with Gasteiger partial charge in [-0.1, -0.05) is 0 Å². The van der Waals surface area contributed by atoms with E-state index >= 15 is 0 Å². The lowest BCUT2D eigenvalue weighted by atomic mass is 10.1. The van der Waals surface area contributed by atoms with Crippen LogP contribution in [0.1, 0.15) is 6.92 Å². The van der Waals surface area contributed by atoms with Crippen LogP contribution in [0.5, 0.6) is 0 Å². The van der Waals surface area contributed by atoms with Crippen molar-refractivity contribution in [2.45, 2.75) is 19.1 Å². The quantitative estimate of drug-likeness (QED) is 0.719. The largest absolute Gasteiger partial charge is 0.373 e. The second kappa shape index (κ2) is 4.63. The molecule has 2 aromatic heterocycles. The molecule has 1 aliphatic rings. The van der Waals surface area contributed by atoms with Crippen molar-refractivity contribution < 1.29 is 4.74 Å². The van der Waals surface area contributed by atoms with Crippen LogP contribution in [0.25, 0.3) is 5.65 Å². The summed E-state index contributed by atoms with van der Waals surface area (Å²) >= 11 is 0. The van der Waals surface area contributed by atoms with Crippen molar-refractivity contribution in [2.24, 2.45) is 5.73 Å². The van der Waals surface area contributed by atoms with Crippen molar-refractivity contribution in [3.8, 4) is 0 Å². The minimum Gasteiger partial charge on any atom is -0.373 e. The van der Waals surface area contributed by atoms with Gasteiger partial charge in [-0.2, -0.15) is 9.61 Å². The molecule has 1 fully saturated rings. The first-order chi connectivity index (χ1) is 9.15. The first-order valence-electron chi connectivity index (χ1n) is 6.22. The fraction of sp³-hybridized carbons (Fsp3) is 0.545. The van der Waals surface area contributed by atoms with E-state index in [2.05, 4.69) is 20.2 Å². The van der Waals surface area contributed by atoms with Crippen LogP contribution in [0.4, 0.5) is 5.82 Å². The Kier molecular flexibility index (Phi) is 2.96. The SMILES string of the molecule is CC(N)C1CN(c2ccc3n[nH]c(=O)n3n2)CCO1. The Bertz CT molecular complexity index is 633. The Morgan fingerprint density at radius 2 is 2.42 bits per heavy atom. The topological polar surface area (TPSA) is 102 Å². The van der Waals surface area contributed by atoms with Gasteiger partial charge in [0, 0.05) is 19.1 Å². The van der Waals surface area contributed by atoms with Gasteiger partial charge in [-0.15, -0.1) is 5.10 Å². The fourth-order valence-electron chi connectivity index (χ4n) is 2.16. The molecule has 1 saturated heterocycles. The molecule has 3 heterocycles. The zero-order valence-corrected chi connectivity index (χ0v) is 10.6. The van der Waals surface area contributed by atoms with Gasteiger partial charge in [0.2, 0.25) is 0 Å². The van der Waals surface area contributed by atoms with Crippen molar-refractivity contribution in [3.63, 3.8) is 0 Å². The van der Waals surface area contributed by atoms with Gasteiger partial charge in [-0.05, 0) is 19.1 Å². The van der Waals surface area contributed by atoms with Crippen molar-refractivity contribution in [1.82, 2.24) is 19.8 Å². The predicted octanol–water partition coefficient (Wildman–Crippen LogP) is -1.03. The van der Waals surface area contributed by atoms with Crippen LogP contribution in [0.3, 0.4) is 0 Å². The van der Waals surface area contributed by atoms with E-state index in [-0.39, 0.29) is 17.8 Å². The maximum atomic E-state index is 11.5. The summed E-state index contributed by atoms with van der Waals surface area (Å²) in [5.74, 6) is 0.727. The zero-order valence-electron chi connectivity index (χ0n) is 10.6. The van der Waals surface area contributed by atoms with Crippen LogP contribution in [0.2, 0.25) is 0 Å². The van der Waals surface area contributed by atoms with Crippen molar-refractivity contribution in [3.05, 3.63) is 22.6 Å². The molecule has 2 aromatic rings. The molecule has 3 N–H and O–H groups in total. The molecule has 102 valence electrons. The fourth-order valence-corrected chi connectivity index (χ4v) is 2.16. The van der Waals surface area contributed by atoms with Gasteiger partial charge in [-0.25, -0.2) is 9.89 Å². The average molecular weight is 264 g/mol. The Hall–Kier alpha value is -1.93. The van der Waals surface area contributed by atoms with E-state index in [0.717, 1.165) is 12.4 Å². The lowest BCUT2D eigenvalue weighted by Crippen LogP contribution is -2.50. The van der Waals surface area contributed by atoms with Gasteiger partial charge < -0.3 is 15.4 Å². The molecule has 2 unspecified atom stereocenters. The minimum atomic E-state index is -0.339. The van der Waals surface area contributed by atoms with Crippen LogP contribution < -0.4 is 16.3 Å². The highest BCUT2D eigenvalue weighted by molar-refractivity contribution is 5.45. The van der Waals surface area contributed by atoms with Gasteiger partial charge in [0.1, 0.15) is 5.82 Å². The van der Waals surface area contributed by atoms with Gasteiger partial charge in [0.25, 0.3) is 0 Å². The number of nitrogens with one attached hydrogen (secondary N) is 1. The summed E-state index contributed by atoms with van der Waals surface area (Å²) in [5.41, 5.74) is 6.03. The van der Waals surface area contributed by atoms with Crippen LogP contribution in [0, 0.1) is 0 Å². The number of ether oxygens (including phenoxy) is 1. The lowest BCUT2D eigenvalue weighted by Gasteiger charge is -2.35. The van der Waals surface area contributed by atoms with E-state index in [0.29, 0.717) is 18.8 Å². The number of morpholine rings is 1. The predicted molar refractivity (Wildman–Crippen MR) is 69.2 cm³/mol. The van der Waals surface area contributed by atoms with E-state index in [1.807, 2.05) is 13.0 Å². The Labute approximate surface area is 109 Å². The first-order valence-corrected chi connectivity index (χ1v) is 6.22. The third kappa shape index (κ3) is 2.20.